The van der Waals surface area contributed by atoms with Crippen LogP contribution in [0.4, 0.5) is 0 Å². The van der Waals surface area contributed by atoms with Crippen LogP contribution >= 0.6 is 0 Å². The molecule has 0 bridgehead atoms. The molecule has 0 aliphatic carbocycles. The second kappa shape index (κ2) is 4.09. The second-order valence-electron chi connectivity index (χ2n) is 3.28. The normalized spacial score (nSPS) is 10.1. The van der Waals surface area contributed by atoms with Crippen molar-refractivity contribution in [2.24, 2.45) is 0 Å². The molecule has 0 heterocycles. The van der Waals surface area contributed by atoms with Crippen LogP contribution in [-0.2, 0) is 6.42 Å². The molecule has 0 saturated carbocycles. The molecule has 1 nitrogen and oxygen atoms in total. The highest BCUT2D eigenvalue weighted by Crippen LogP contribution is 2.20. The molecule has 1 unspecified atom stereocenters. The summed E-state index contributed by atoms with van der Waals surface area (Å²) in [6, 6.07) is 7.98. The molecular weight excluding hydrogens is 158 g/mol. The van der Waals surface area contributed by atoms with Gasteiger partial charge in [0.2, 0.25) is 0 Å². The molecule has 0 fully saturated rings. The lowest BCUT2D eigenvalue weighted by atomic mass is 9.94. The average molecular weight is 172 g/mol. The molecule has 0 spiro atoms. The minimum absolute atomic E-state index is 0.253. The zero-order chi connectivity index (χ0) is 9.84. The third-order valence-corrected chi connectivity index (χ3v) is 2.19. The van der Waals surface area contributed by atoms with E-state index >= 15 is 0 Å². The predicted octanol–water partition coefficient (Wildman–Crippen LogP) is 3.06. The zero-order valence-corrected chi connectivity index (χ0v) is 8.17. The first kappa shape index (κ1) is 9.80. The van der Waals surface area contributed by atoms with Gasteiger partial charge in [0.05, 0.1) is 11.6 Å². The van der Waals surface area contributed by atoms with Crippen LogP contribution in [0.15, 0.2) is 18.2 Å². The third-order valence-electron chi connectivity index (χ3n) is 2.19. The van der Waals surface area contributed by atoms with Crippen LogP contribution < -0.4 is 0 Å². The Morgan fingerprint density at radius 1 is 1.54 bits per heavy atom. The summed E-state index contributed by atoms with van der Waals surface area (Å²) in [5.74, 6) is 0.253. The summed E-state index contributed by atoms with van der Waals surface area (Å²) in [7, 11) is 0. The van der Waals surface area contributed by atoms with Gasteiger partial charge in [-0.05, 0) is 42.5 Å². The molecule has 1 aromatic rings. The van der Waals surface area contributed by atoms with Gasteiger partial charge in [-0.15, -0.1) is 0 Å². The van der Waals surface area contributed by atoms with E-state index in [0.29, 0.717) is 0 Å². The van der Waals surface area contributed by atoms with Crippen molar-refractivity contribution >= 4 is 0 Å². The molecule has 0 aliphatic rings. The van der Waals surface area contributed by atoms with Crippen molar-refractivity contribution in [1.82, 2.24) is 0 Å². The standard InChI is InChI=1S/C12H14N/c1-4-11-6-5-10(8-13)7-12(11)9(2)3/h5-7,9H,2,4H2,1,3H3. The molecule has 0 amide bonds. The summed E-state index contributed by atoms with van der Waals surface area (Å²) in [5.41, 5.74) is 3.21. The van der Waals surface area contributed by atoms with Crippen LogP contribution in [0.5, 0.6) is 0 Å². The molecule has 0 N–H and O–H groups in total. The molecule has 1 radical (unpaired) electrons. The maximum absolute atomic E-state index is 8.74. The zero-order valence-electron chi connectivity index (χ0n) is 8.17. The van der Waals surface area contributed by atoms with E-state index in [1.807, 2.05) is 18.2 Å². The number of hydrogen-bond donors (Lipinski definition) is 0. The van der Waals surface area contributed by atoms with Gasteiger partial charge in [0.1, 0.15) is 0 Å². The van der Waals surface area contributed by atoms with E-state index in [2.05, 4.69) is 26.8 Å². The second-order valence-corrected chi connectivity index (χ2v) is 3.28. The van der Waals surface area contributed by atoms with Crippen LogP contribution in [0, 0.1) is 18.3 Å². The van der Waals surface area contributed by atoms with Gasteiger partial charge >= 0.3 is 0 Å². The Balaban J connectivity index is 3.20. The predicted molar refractivity (Wildman–Crippen MR) is 54.3 cm³/mol. The highest BCUT2D eigenvalue weighted by atomic mass is 14.2. The van der Waals surface area contributed by atoms with Gasteiger partial charge in [-0.1, -0.05) is 19.9 Å². The first-order valence-corrected chi connectivity index (χ1v) is 4.55. The molecule has 1 heteroatoms. The Hall–Kier alpha value is -1.29. The first-order valence-electron chi connectivity index (χ1n) is 4.55. The van der Waals surface area contributed by atoms with Gasteiger partial charge in [0, 0.05) is 0 Å². The first-order chi connectivity index (χ1) is 6.19. The van der Waals surface area contributed by atoms with E-state index < -0.39 is 0 Å². The van der Waals surface area contributed by atoms with E-state index in [1.54, 1.807) is 0 Å². The number of benzene rings is 1. The third kappa shape index (κ3) is 2.09. The number of aryl methyl sites for hydroxylation is 1. The van der Waals surface area contributed by atoms with Crippen molar-refractivity contribution in [2.45, 2.75) is 26.2 Å². The average Bonchev–Trinajstić information content (AvgIpc) is 2.16. The molecule has 67 valence electrons. The molecule has 1 atom stereocenters. The summed E-state index contributed by atoms with van der Waals surface area (Å²) in [6.07, 6.45) is 1.00. The summed E-state index contributed by atoms with van der Waals surface area (Å²) >= 11 is 0. The fraction of sp³-hybridized carbons (Fsp3) is 0.333. The van der Waals surface area contributed by atoms with Gasteiger partial charge in [-0.2, -0.15) is 5.26 Å². The van der Waals surface area contributed by atoms with Crippen LogP contribution in [-0.4, -0.2) is 0 Å². The molecule has 0 aliphatic heterocycles. The van der Waals surface area contributed by atoms with E-state index in [4.69, 9.17) is 5.26 Å². The van der Waals surface area contributed by atoms with Gasteiger partial charge in [0.15, 0.2) is 0 Å². The Kier molecular flexibility index (Phi) is 3.08. The van der Waals surface area contributed by atoms with Gasteiger partial charge in [-0.25, -0.2) is 0 Å². The van der Waals surface area contributed by atoms with Gasteiger partial charge in [0.25, 0.3) is 0 Å². The number of nitrogens with zero attached hydrogens (tertiary/aromatic N) is 1. The Morgan fingerprint density at radius 2 is 2.23 bits per heavy atom. The van der Waals surface area contributed by atoms with Crippen LogP contribution in [0.3, 0.4) is 0 Å². The minimum atomic E-state index is 0.253. The van der Waals surface area contributed by atoms with Gasteiger partial charge in [-0.3, -0.25) is 0 Å². The van der Waals surface area contributed by atoms with E-state index in [9.17, 15) is 0 Å². The Bertz CT molecular complexity index is 331. The highest BCUT2D eigenvalue weighted by Gasteiger charge is 2.05. The van der Waals surface area contributed by atoms with Crippen LogP contribution in [0.25, 0.3) is 0 Å². The van der Waals surface area contributed by atoms with Crippen molar-refractivity contribution in [2.75, 3.05) is 0 Å². The van der Waals surface area contributed by atoms with Crippen molar-refractivity contribution < 1.29 is 0 Å². The molecular formula is C12H14N. The molecule has 13 heavy (non-hydrogen) atoms. The summed E-state index contributed by atoms with van der Waals surface area (Å²) in [4.78, 5) is 0. The maximum atomic E-state index is 8.74. The highest BCUT2D eigenvalue weighted by molar-refractivity contribution is 5.40. The summed E-state index contributed by atoms with van der Waals surface area (Å²) in [6.45, 7) is 8.15. The lowest BCUT2D eigenvalue weighted by Gasteiger charge is -2.11. The summed E-state index contributed by atoms with van der Waals surface area (Å²) < 4.78 is 0. The van der Waals surface area contributed by atoms with Crippen molar-refractivity contribution in [3.63, 3.8) is 0 Å². The topological polar surface area (TPSA) is 23.8 Å². The fourth-order valence-corrected chi connectivity index (χ4v) is 1.45. The smallest absolute Gasteiger partial charge is 0.0991 e. The quantitative estimate of drug-likeness (QED) is 0.672. The number of nitriles is 1. The lowest BCUT2D eigenvalue weighted by molar-refractivity contribution is 0.924. The van der Waals surface area contributed by atoms with E-state index in [1.165, 1.54) is 11.1 Å². The lowest BCUT2D eigenvalue weighted by Crippen LogP contribution is -1.96. The maximum Gasteiger partial charge on any atom is 0.0991 e. The monoisotopic (exact) mass is 172 g/mol. The van der Waals surface area contributed by atoms with Crippen molar-refractivity contribution in [1.29, 1.82) is 5.26 Å². The Morgan fingerprint density at radius 3 is 2.69 bits per heavy atom. The fourth-order valence-electron chi connectivity index (χ4n) is 1.45. The number of hydrogen-bond acceptors (Lipinski definition) is 1. The minimum Gasteiger partial charge on any atom is -0.192 e. The van der Waals surface area contributed by atoms with Crippen molar-refractivity contribution in [3.8, 4) is 6.07 Å². The number of rotatable bonds is 2. The molecule has 1 aromatic carbocycles. The van der Waals surface area contributed by atoms with Gasteiger partial charge < -0.3 is 0 Å². The van der Waals surface area contributed by atoms with Crippen LogP contribution in [0.1, 0.15) is 36.5 Å². The molecule has 0 saturated heterocycles. The van der Waals surface area contributed by atoms with E-state index in [-0.39, 0.29) is 5.92 Å². The molecule has 0 aromatic heterocycles. The Labute approximate surface area is 80.0 Å². The van der Waals surface area contributed by atoms with Crippen molar-refractivity contribution in [3.05, 3.63) is 41.8 Å². The largest absolute Gasteiger partial charge is 0.192 e. The SMILES string of the molecule is [CH2]C(C)c1cc(C#N)ccc1CC. The van der Waals surface area contributed by atoms with E-state index in [0.717, 1.165) is 12.0 Å². The molecule has 1 rings (SSSR count). The summed E-state index contributed by atoms with van der Waals surface area (Å²) in [5, 5.41) is 8.74. The van der Waals surface area contributed by atoms with Crippen LogP contribution in [0.2, 0.25) is 0 Å².